The molecule has 0 amide bonds. The van der Waals surface area contributed by atoms with Crippen LogP contribution in [-0.2, 0) is 0 Å². The predicted molar refractivity (Wildman–Crippen MR) is 108 cm³/mol. The maximum atomic E-state index is 6.16. The van der Waals surface area contributed by atoms with E-state index < -0.39 is 0 Å². The highest BCUT2D eigenvalue weighted by Crippen LogP contribution is 2.39. The summed E-state index contributed by atoms with van der Waals surface area (Å²) < 4.78 is 2.68. The molecule has 0 aliphatic carbocycles. The first-order valence-electron chi connectivity index (χ1n) is 8.00. The van der Waals surface area contributed by atoms with Crippen LogP contribution in [0.4, 0.5) is 0 Å². The molecule has 1 aromatic heterocycles. The fourth-order valence-electron chi connectivity index (χ4n) is 3.43. The SMILES string of the molecule is [B]c1ccccc1-c1ccc2sc3c4ccccc4ccc3c2c1. The van der Waals surface area contributed by atoms with Crippen LogP contribution in [0.5, 0.6) is 0 Å². The predicted octanol–water partition coefficient (Wildman–Crippen LogP) is 5.67. The van der Waals surface area contributed by atoms with Crippen molar-refractivity contribution in [3.05, 3.63) is 78.9 Å². The van der Waals surface area contributed by atoms with Crippen molar-refractivity contribution in [3.8, 4) is 11.1 Å². The zero-order chi connectivity index (χ0) is 16.1. The quantitative estimate of drug-likeness (QED) is 0.349. The van der Waals surface area contributed by atoms with E-state index in [0.29, 0.717) is 0 Å². The second-order valence-corrected chi connectivity index (χ2v) is 7.12. The molecule has 0 unspecified atom stereocenters. The van der Waals surface area contributed by atoms with Crippen LogP contribution in [0.1, 0.15) is 0 Å². The molecule has 0 saturated heterocycles. The van der Waals surface area contributed by atoms with Gasteiger partial charge in [-0.2, -0.15) is 0 Å². The van der Waals surface area contributed by atoms with Crippen LogP contribution in [0.15, 0.2) is 78.9 Å². The van der Waals surface area contributed by atoms with Crippen molar-refractivity contribution < 1.29 is 0 Å². The van der Waals surface area contributed by atoms with Crippen LogP contribution >= 0.6 is 11.3 Å². The van der Waals surface area contributed by atoms with Crippen molar-refractivity contribution >= 4 is 55.6 Å². The summed E-state index contributed by atoms with van der Waals surface area (Å²) in [5.74, 6) is 0. The largest absolute Gasteiger partial charge is 0.135 e. The molecule has 2 heteroatoms. The minimum absolute atomic E-state index is 0.821. The van der Waals surface area contributed by atoms with Crippen molar-refractivity contribution in [2.75, 3.05) is 0 Å². The van der Waals surface area contributed by atoms with E-state index in [-0.39, 0.29) is 0 Å². The van der Waals surface area contributed by atoms with E-state index in [1.165, 1.54) is 36.5 Å². The highest BCUT2D eigenvalue weighted by atomic mass is 32.1. The fraction of sp³-hybridized carbons (Fsp3) is 0. The van der Waals surface area contributed by atoms with Crippen LogP contribution in [-0.4, -0.2) is 7.85 Å². The van der Waals surface area contributed by atoms with E-state index in [1.54, 1.807) is 0 Å². The summed E-state index contributed by atoms with van der Waals surface area (Å²) in [6, 6.07) is 27.8. The zero-order valence-corrected chi connectivity index (χ0v) is 13.8. The smallest absolute Gasteiger partial charge is 0.114 e. The molecule has 0 N–H and O–H groups in total. The highest BCUT2D eigenvalue weighted by Gasteiger charge is 2.10. The molecule has 5 aromatic rings. The molecular formula is C22H13BS. The van der Waals surface area contributed by atoms with Gasteiger partial charge in [-0.15, -0.1) is 11.3 Å². The Morgan fingerprint density at radius 2 is 1.50 bits per heavy atom. The molecule has 0 spiro atoms. The summed E-state index contributed by atoms with van der Waals surface area (Å²) in [7, 11) is 6.16. The van der Waals surface area contributed by atoms with Gasteiger partial charge in [0.15, 0.2) is 0 Å². The topological polar surface area (TPSA) is 0 Å². The van der Waals surface area contributed by atoms with Crippen molar-refractivity contribution in [2.24, 2.45) is 0 Å². The van der Waals surface area contributed by atoms with Gasteiger partial charge in [-0.1, -0.05) is 72.2 Å². The van der Waals surface area contributed by atoms with E-state index in [0.717, 1.165) is 11.0 Å². The van der Waals surface area contributed by atoms with E-state index in [4.69, 9.17) is 7.85 Å². The molecule has 5 rings (SSSR count). The second-order valence-electron chi connectivity index (χ2n) is 6.06. The van der Waals surface area contributed by atoms with E-state index in [9.17, 15) is 0 Å². The molecule has 1 heterocycles. The van der Waals surface area contributed by atoms with Crippen molar-refractivity contribution in [3.63, 3.8) is 0 Å². The Balaban J connectivity index is 1.85. The molecule has 0 aliphatic heterocycles. The Labute approximate surface area is 145 Å². The van der Waals surface area contributed by atoms with Crippen LogP contribution < -0.4 is 5.46 Å². The molecule has 0 nitrogen and oxygen atoms in total. The molecule has 0 aliphatic rings. The summed E-state index contributed by atoms with van der Waals surface area (Å²) in [5, 5.41) is 5.26. The Bertz CT molecular complexity index is 1220. The van der Waals surface area contributed by atoms with Gasteiger partial charge < -0.3 is 0 Å². The third-order valence-corrected chi connectivity index (χ3v) is 5.85. The van der Waals surface area contributed by atoms with Gasteiger partial charge in [0.05, 0.1) is 0 Å². The number of hydrogen-bond acceptors (Lipinski definition) is 1. The highest BCUT2D eigenvalue weighted by molar-refractivity contribution is 7.26. The number of fused-ring (bicyclic) bond motifs is 5. The Morgan fingerprint density at radius 3 is 2.42 bits per heavy atom. The van der Waals surface area contributed by atoms with E-state index in [2.05, 4.69) is 60.7 Å². The molecule has 0 fully saturated rings. The normalized spacial score (nSPS) is 11.5. The molecule has 0 bridgehead atoms. The Kier molecular flexibility index (Phi) is 3.01. The molecule has 4 aromatic carbocycles. The third kappa shape index (κ3) is 2.00. The maximum Gasteiger partial charge on any atom is 0.114 e. The molecule has 0 saturated carbocycles. The average Bonchev–Trinajstić information content (AvgIpc) is 3.00. The monoisotopic (exact) mass is 320 g/mol. The van der Waals surface area contributed by atoms with Crippen molar-refractivity contribution in [1.82, 2.24) is 0 Å². The number of hydrogen-bond donors (Lipinski definition) is 0. The fourth-order valence-corrected chi connectivity index (χ4v) is 4.65. The lowest BCUT2D eigenvalue weighted by Crippen LogP contribution is -2.05. The van der Waals surface area contributed by atoms with Crippen LogP contribution in [0, 0.1) is 0 Å². The lowest BCUT2D eigenvalue weighted by molar-refractivity contribution is 1.70. The summed E-state index contributed by atoms with van der Waals surface area (Å²) in [4.78, 5) is 0. The average molecular weight is 320 g/mol. The van der Waals surface area contributed by atoms with Gasteiger partial charge in [-0.05, 0) is 34.0 Å². The summed E-state index contributed by atoms with van der Waals surface area (Å²) in [5.41, 5.74) is 3.09. The molecular weight excluding hydrogens is 307 g/mol. The van der Waals surface area contributed by atoms with Crippen LogP contribution in [0.25, 0.3) is 42.1 Å². The van der Waals surface area contributed by atoms with Gasteiger partial charge in [0, 0.05) is 20.2 Å². The van der Waals surface area contributed by atoms with Gasteiger partial charge in [0.1, 0.15) is 7.85 Å². The van der Waals surface area contributed by atoms with Gasteiger partial charge in [-0.3, -0.25) is 0 Å². The van der Waals surface area contributed by atoms with Gasteiger partial charge in [0.2, 0.25) is 0 Å². The molecule has 24 heavy (non-hydrogen) atoms. The first kappa shape index (κ1) is 13.8. The minimum Gasteiger partial charge on any atom is -0.135 e. The van der Waals surface area contributed by atoms with Crippen LogP contribution in [0.2, 0.25) is 0 Å². The lowest BCUT2D eigenvalue weighted by Gasteiger charge is -2.06. The zero-order valence-electron chi connectivity index (χ0n) is 13.0. The molecule has 2 radical (unpaired) electrons. The van der Waals surface area contributed by atoms with Gasteiger partial charge >= 0.3 is 0 Å². The first-order valence-corrected chi connectivity index (χ1v) is 8.82. The van der Waals surface area contributed by atoms with Gasteiger partial charge in [0.25, 0.3) is 0 Å². The number of thiophene rings is 1. The van der Waals surface area contributed by atoms with Gasteiger partial charge in [-0.25, -0.2) is 0 Å². The van der Waals surface area contributed by atoms with E-state index in [1.807, 2.05) is 29.5 Å². The van der Waals surface area contributed by atoms with Crippen LogP contribution in [0.3, 0.4) is 0 Å². The molecule has 110 valence electrons. The first-order chi connectivity index (χ1) is 11.8. The minimum atomic E-state index is 0.821. The van der Waals surface area contributed by atoms with E-state index >= 15 is 0 Å². The second kappa shape index (κ2) is 5.22. The summed E-state index contributed by atoms with van der Waals surface area (Å²) in [6.45, 7) is 0. The lowest BCUT2D eigenvalue weighted by atomic mass is 9.87. The maximum absolute atomic E-state index is 6.16. The standard InChI is InChI=1S/C22H13BS/c23-20-8-4-3-6-16(20)15-10-12-21-19(13-15)18-11-9-14-5-1-2-7-17(14)22(18)24-21/h1-13H. The van der Waals surface area contributed by atoms with Crippen molar-refractivity contribution in [2.45, 2.75) is 0 Å². The number of rotatable bonds is 1. The van der Waals surface area contributed by atoms with Crippen molar-refractivity contribution in [1.29, 1.82) is 0 Å². The third-order valence-electron chi connectivity index (χ3n) is 4.63. The Hall–Kier alpha value is -2.58. The summed E-state index contributed by atoms with van der Waals surface area (Å²) in [6.07, 6.45) is 0. The summed E-state index contributed by atoms with van der Waals surface area (Å²) >= 11 is 1.87. The molecule has 0 atom stereocenters. The number of benzene rings is 4. The Morgan fingerprint density at radius 1 is 0.667 bits per heavy atom.